The SMILES string of the molecule is Cc1ccc(OCCOc2ccccc2NC(=O)c2cccc(OCc3ccccc3)c2OCc2ccccc2)c(OC[C@H]2O[C@@H](O)[C@H](O)[C@@H](O)[C@@H]2O)c1OCc1ccccc1. The number of carbonyl (C=O) groups is 1. The Balaban J connectivity index is 1.04. The Morgan fingerprint density at radius 2 is 1.05 bits per heavy atom. The van der Waals surface area contributed by atoms with Crippen LogP contribution in [0.25, 0.3) is 0 Å². The number of benzene rings is 6. The van der Waals surface area contributed by atoms with Crippen LogP contribution in [0.3, 0.4) is 0 Å². The number of carbonyl (C=O) groups excluding carboxylic acids is 1. The fourth-order valence-electron chi connectivity index (χ4n) is 6.65. The van der Waals surface area contributed by atoms with E-state index in [1.54, 1.807) is 48.5 Å². The van der Waals surface area contributed by atoms with Crippen molar-refractivity contribution in [1.29, 1.82) is 0 Å². The average molecular weight is 844 g/mol. The van der Waals surface area contributed by atoms with E-state index >= 15 is 0 Å². The highest BCUT2D eigenvalue weighted by Gasteiger charge is 2.43. The largest absolute Gasteiger partial charge is 0.488 e. The number of amides is 1. The summed E-state index contributed by atoms with van der Waals surface area (Å²) in [6.45, 7) is 2.31. The number of hydrogen-bond donors (Lipinski definition) is 5. The highest BCUT2D eigenvalue weighted by Crippen LogP contribution is 2.41. The van der Waals surface area contributed by atoms with E-state index in [1.807, 2.05) is 104 Å². The molecule has 1 aliphatic rings. The molecule has 0 aliphatic carbocycles. The van der Waals surface area contributed by atoms with Crippen LogP contribution in [0.4, 0.5) is 5.69 Å². The molecule has 322 valence electrons. The lowest BCUT2D eigenvalue weighted by atomic mass is 9.99. The predicted octanol–water partition coefficient (Wildman–Crippen LogP) is 6.62. The van der Waals surface area contributed by atoms with Gasteiger partial charge in [-0.15, -0.1) is 0 Å². The van der Waals surface area contributed by atoms with Crippen LogP contribution >= 0.6 is 0 Å². The van der Waals surface area contributed by atoms with Crippen molar-refractivity contribution >= 4 is 11.6 Å². The minimum atomic E-state index is -1.73. The van der Waals surface area contributed by atoms with Crippen LogP contribution in [0.1, 0.15) is 32.6 Å². The summed E-state index contributed by atoms with van der Waals surface area (Å²) >= 11 is 0. The Morgan fingerprint density at radius 3 is 1.69 bits per heavy atom. The van der Waals surface area contributed by atoms with Crippen LogP contribution in [-0.2, 0) is 24.6 Å². The molecule has 62 heavy (non-hydrogen) atoms. The van der Waals surface area contributed by atoms with Gasteiger partial charge < -0.3 is 58.9 Å². The Hall–Kier alpha value is -6.61. The van der Waals surface area contributed by atoms with E-state index in [0.717, 1.165) is 22.3 Å². The van der Waals surface area contributed by atoms with E-state index in [2.05, 4.69) is 5.32 Å². The first-order valence-electron chi connectivity index (χ1n) is 20.2. The van der Waals surface area contributed by atoms with Crippen molar-refractivity contribution in [3.8, 4) is 34.5 Å². The number of anilines is 1. The van der Waals surface area contributed by atoms with Gasteiger partial charge in [-0.25, -0.2) is 0 Å². The third kappa shape index (κ3) is 11.2. The molecule has 6 aromatic carbocycles. The van der Waals surface area contributed by atoms with E-state index in [4.69, 9.17) is 33.2 Å². The zero-order valence-corrected chi connectivity index (χ0v) is 34.0. The van der Waals surface area contributed by atoms with Gasteiger partial charge in [-0.1, -0.05) is 115 Å². The minimum absolute atomic E-state index is 0.0320. The van der Waals surface area contributed by atoms with Crippen molar-refractivity contribution in [3.63, 3.8) is 0 Å². The van der Waals surface area contributed by atoms with Crippen LogP contribution in [-0.4, -0.2) is 76.9 Å². The molecule has 0 aromatic heterocycles. The van der Waals surface area contributed by atoms with E-state index < -0.39 is 36.6 Å². The zero-order valence-electron chi connectivity index (χ0n) is 34.0. The van der Waals surface area contributed by atoms with Gasteiger partial charge in [-0.05, 0) is 59.5 Å². The lowest BCUT2D eigenvalue weighted by Crippen LogP contribution is -2.58. The molecule has 1 heterocycles. The van der Waals surface area contributed by atoms with Crippen molar-refractivity contribution in [2.75, 3.05) is 25.1 Å². The molecule has 6 aromatic rings. The van der Waals surface area contributed by atoms with Crippen LogP contribution in [0.2, 0.25) is 0 Å². The lowest BCUT2D eigenvalue weighted by molar-refractivity contribution is -0.285. The van der Waals surface area contributed by atoms with Gasteiger partial charge in [0.25, 0.3) is 5.91 Å². The number of hydrogen-bond acceptors (Lipinski definition) is 12. The Morgan fingerprint density at radius 1 is 0.516 bits per heavy atom. The Bertz CT molecular complexity index is 2350. The number of rotatable bonds is 19. The number of para-hydroxylation sites is 3. The standard InChI is InChI=1S/C49H49NO12/c1-32-24-25-40(47(45(32)59-29-34-16-7-3-8-17-34)61-31-41-42(51)43(52)44(53)49(55)62-41)57-27-26-56-38-22-12-11-21-37(38)50-48(54)36-20-13-23-39(58-28-33-14-5-2-6-15-33)46(36)60-30-35-18-9-4-10-19-35/h2-25,41-44,49,51-53,55H,26-31H2,1H3,(H,50,54)/t41-,42-,43+,44-,49-/m1/s1. The van der Waals surface area contributed by atoms with Gasteiger partial charge >= 0.3 is 0 Å². The van der Waals surface area contributed by atoms with Crippen LogP contribution in [0.15, 0.2) is 146 Å². The highest BCUT2D eigenvalue weighted by molar-refractivity contribution is 6.07. The van der Waals surface area contributed by atoms with E-state index in [9.17, 15) is 25.2 Å². The van der Waals surface area contributed by atoms with Gasteiger partial charge in [0.2, 0.25) is 5.75 Å². The second kappa shape index (κ2) is 21.3. The first-order chi connectivity index (χ1) is 30.2. The molecule has 5 atom stereocenters. The van der Waals surface area contributed by atoms with Crippen molar-refractivity contribution in [2.45, 2.75) is 57.5 Å². The topological polar surface area (TPSA) is 175 Å². The second-order valence-corrected chi connectivity index (χ2v) is 14.5. The fraction of sp³-hybridized carbons (Fsp3) is 0.245. The molecule has 13 heteroatoms. The number of ether oxygens (including phenoxy) is 7. The van der Waals surface area contributed by atoms with Crippen molar-refractivity contribution < 1.29 is 58.4 Å². The molecule has 1 saturated heterocycles. The molecule has 0 bridgehead atoms. The molecule has 5 N–H and O–H groups in total. The van der Waals surface area contributed by atoms with E-state index in [1.165, 1.54) is 0 Å². The number of nitrogens with one attached hydrogen (secondary N) is 1. The molecule has 1 amide bonds. The molecule has 13 nitrogen and oxygen atoms in total. The summed E-state index contributed by atoms with van der Waals surface area (Å²) in [6.07, 6.45) is -7.80. The van der Waals surface area contributed by atoms with E-state index in [0.29, 0.717) is 28.7 Å². The predicted molar refractivity (Wildman–Crippen MR) is 230 cm³/mol. The normalized spacial score (nSPS) is 18.3. The monoisotopic (exact) mass is 843 g/mol. The first kappa shape index (κ1) is 43.5. The van der Waals surface area contributed by atoms with Crippen molar-refractivity contribution in [1.82, 2.24) is 0 Å². The quantitative estimate of drug-likeness (QED) is 0.0553. The third-order valence-corrected chi connectivity index (χ3v) is 10.00. The van der Waals surface area contributed by atoms with Gasteiger partial charge in [0, 0.05) is 0 Å². The molecule has 1 aliphatic heterocycles. The Labute approximate surface area is 359 Å². The molecule has 0 saturated carbocycles. The van der Waals surface area contributed by atoms with Crippen molar-refractivity contribution in [2.24, 2.45) is 0 Å². The van der Waals surface area contributed by atoms with E-state index in [-0.39, 0.29) is 56.7 Å². The van der Waals surface area contributed by atoms with Crippen LogP contribution in [0.5, 0.6) is 34.5 Å². The van der Waals surface area contributed by atoms with Gasteiger partial charge in [-0.2, -0.15) is 0 Å². The second-order valence-electron chi connectivity index (χ2n) is 14.5. The molecule has 7 rings (SSSR count). The first-order valence-corrected chi connectivity index (χ1v) is 20.2. The summed E-state index contributed by atoms with van der Waals surface area (Å²) in [4.78, 5) is 14.0. The molecule has 0 spiro atoms. The Kier molecular flexibility index (Phi) is 14.9. The van der Waals surface area contributed by atoms with Gasteiger partial charge in [0.1, 0.15) is 69.8 Å². The smallest absolute Gasteiger partial charge is 0.259 e. The molecule has 0 radical (unpaired) electrons. The number of aliphatic hydroxyl groups is 4. The summed E-state index contributed by atoms with van der Waals surface area (Å²) < 4.78 is 42.5. The molecule has 0 unspecified atom stereocenters. The van der Waals surface area contributed by atoms with Crippen LogP contribution in [0, 0.1) is 6.92 Å². The molecular weight excluding hydrogens is 795 g/mol. The third-order valence-electron chi connectivity index (χ3n) is 10.00. The summed E-state index contributed by atoms with van der Waals surface area (Å²) in [6, 6.07) is 44.7. The average Bonchev–Trinajstić information content (AvgIpc) is 3.30. The zero-order chi connectivity index (χ0) is 43.3. The maximum Gasteiger partial charge on any atom is 0.259 e. The number of aliphatic hydroxyl groups excluding tert-OH is 4. The van der Waals surface area contributed by atoms with Gasteiger partial charge in [-0.3, -0.25) is 4.79 Å². The summed E-state index contributed by atoms with van der Waals surface area (Å²) in [5.74, 6) is 1.53. The fourth-order valence-corrected chi connectivity index (χ4v) is 6.65. The van der Waals surface area contributed by atoms with Gasteiger partial charge in [0.15, 0.2) is 29.3 Å². The van der Waals surface area contributed by atoms with Crippen molar-refractivity contribution in [3.05, 3.63) is 173 Å². The summed E-state index contributed by atoms with van der Waals surface area (Å²) in [7, 11) is 0. The maximum absolute atomic E-state index is 14.0. The van der Waals surface area contributed by atoms with Gasteiger partial charge in [0.05, 0.1) is 11.3 Å². The summed E-state index contributed by atoms with van der Waals surface area (Å²) in [5, 5.41) is 43.9. The lowest BCUT2D eigenvalue weighted by Gasteiger charge is -2.38. The van der Waals surface area contributed by atoms with Crippen LogP contribution < -0.4 is 33.7 Å². The minimum Gasteiger partial charge on any atom is -0.488 e. The summed E-state index contributed by atoms with van der Waals surface area (Å²) in [5.41, 5.74) is 4.22. The highest BCUT2D eigenvalue weighted by atomic mass is 16.6. The maximum atomic E-state index is 14.0. The molecular formula is C49H49NO12. The molecule has 1 fully saturated rings. The number of aryl methyl sites for hydroxylation is 1.